The summed E-state index contributed by atoms with van der Waals surface area (Å²) in [5.74, 6) is -1.36. The van der Waals surface area contributed by atoms with Gasteiger partial charge in [-0.2, -0.15) is 5.26 Å². The van der Waals surface area contributed by atoms with E-state index in [0.29, 0.717) is 28.1 Å². The molecule has 0 atom stereocenters. The van der Waals surface area contributed by atoms with Crippen molar-refractivity contribution in [3.8, 4) is 50.8 Å². The number of benzene rings is 8. The Morgan fingerprint density at radius 2 is 0.833 bits per heavy atom. The molecule has 5 heteroatoms. The molecule has 54 heavy (non-hydrogen) atoms. The summed E-state index contributed by atoms with van der Waals surface area (Å²) >= 11 is 0. The van der Waals surface area contributed by atoms with Gasteiger partial charge in [0.1, 0.15) is 17.7 Å². The Kier molecular flexibility index (Phi) is 7.24. The van der Waals surface area contributed by atoms with E-state index in [2.05, 4.69) is 88.0 Å². The van der Waals surface area contributed by atoms with E-state index in [-0.39, 0.29) is 0 Å². The molecule has 3 nitrogen and oxygen atoms in total. The van der Waals surface area contributed by atoms with Crippen LogP contribution in [0.25, 0.3) is 88.4 Å². The van der Waals surface area contributed by atoms with Crippen molar-refractivity contribution in [2.45, 2.75) is 0 Å². The van der Waals surface area contributed by atoms with Gasteiger partial charge in [0.2, 0.25) is 0 Å². The molecule has 0 amide bonds. The first-order chi connectivity index (χ1) is 26.6. The van der Waals surface area contributed by atoms with Crippen molar-refractivity contribution in [1.82, 2.24) is 9.13 Å². The van der Waals surface area contributed by atoms with Gasteiger partial charge in [-0.05, 0) is 76.3 Å². The summed E-state index contributed by atoms with van der Waals surface area (Å²) in [7, 11) is 0. The van der Waals surface area contributed by atoms with Crippen LogP contribution in [0.1, 0.15) is 5.56 Å². The minimum absolute atomic E-state index is 0.365. The van der Waals surface area contributed by atoms with Crippen molar-refractivity contribution >= 4 is 43.6 Å². The monoisotopic (exact) mass is 697 g/mol. The fourth-order valence-corrected chi connectivity index (χ4v) is 8.06. The Labute approximate surface area is 309 Å². The Bertz CT molecular complexity index is 3110. The summed E-state index contributed by atoms with van der Waals surface area (Å²) in [5, 5.41) is 15.1. The van der Waals surface area contributed by atoms with Gasteiger partial charge in [-0.25, -0.2) is 8.78 Å². The fourth-order valence-electron chi connectivity index (χ4n) is 8.06. The molecule has 2 heterocycles. The number of para-hydroxylation sites is 2. The van der Waals surface area contributed by atoms with E-state index in [1.807, 2.05) is 84.9 Å². The molecule has 0 aliphatic rings. The van der Waals surface area contributed by atoms with Crippen LogP contribution in [0, 0.1) is 23.0 Å². The van der Waals surface area contributed by atoms with Crippen molar-refractivity contribution in [1.29, 1.82) is 5.26 Å². The Hall–Kier alpha value is -7.29. The lowest BCUT2D eigenvalue weighted by Gasteiger charge is -2.19. The van der Waals surface area contributed by atoms with Gasteiger partial charge >= 0.3 is 0 Å². The standard InChI is InChI=1S/C49H29F2N3/c50-37-23-35(24-38(51)28-37)43-29-46(53-44-17-9-7-15-39(44)41-21-19-33(25-47(41)53)31-11-3-1-4-12-31)36(30-52)27-49(43)54-45-18-10-8-16-40(45)42-22-20-34(26-48(42)54)32-13-5-2-6-14-32/h1-29H. The summed E-state index contributed by atoms with van der Waals surface area (Å²) in [6.07, 6.45) is 0. The minimum Gasteiger partial charge on any atom is -0.309 e. The Balaban J connectivity index is 1.32. The van der Waals surface area contributed by atoms with Crippen LogP contribution in [-0.4, -0.2) is 9.13 Å². The second-order valence-corrected chi connectivity index (χ2v) is 13.6. The fraction of sp³-hybridized carbons (Fsp3) is 0. The van der Waals surface area contributed by atoms with Gasteiger partial charge in [0.05, 0.1) is 39.0 Å². The summed E-state index contributed by atoms with van der Waals surface area (Å²) in [6.45, 7) is 0. The molecule has 0 saturated carbocycles. The third-order valence-corrected chi connectivity index (χ3v) is 10.5. The largest absolute Gasteiger partial charge is 0.309 e. The van der Waals surface area contributed by atoms with Crippen LogP contribution in [0.2, 0.25) is 0 Å². The van der Waals surface area contributed by atoms with Crippen molar-refractivity contribution in [3.63, 3.8) is 0 Å². The third kappa shape index (κ3) is 5.00. The maximum absolute atomic E-state index is 15.2. The first-order valence-corrected chi connectivity index (χ1v) is 17.8. The number of aromatic nitrogens is 2. The van der Waals surface area contributed by atoms with E-state index in [4.69, 9.17) is 0 Å². The quantitative estimate of drug-likeness (QED) is 0.176. The maximum Gasteiger partial charge on any atom is 0.126 e. The van der Waals surface area contributed by atoms with Crippen LogP contribution >= 0.6 is 0 Å². The van der Waals surface area contributed by atoms with Gasteiger partial charge in [-0.1, -0.05) is 121 Å². The molecule has 0 aliphatic heterocycles. The maximum atomic E-state index is 15.2. The van der Waals surface area contributed by atoms with Crippen molar-refractivity contribution in [2.24, 2.45) is 0 Å². The van der Waals surface area contributed by atoms with E-state index < -0.39 is 11.6 Å². The highest BCUT2D eigenvalue weighted by Gasteiger charge is 2.23. The molecule has 0 spiro atoms. The Morgan fingerprint density at radius 1 is 0.370 bits per heavy atom. The van der Waals surface area contributed by atoms with E-state index in [1.165, 1.54) is 12.1 Å². The normalized spacial score (nSPS) is 11.5. The lowest BCUT2D eigenvalue weighted by molar-refractivity contribution is 0.584. The second kappa shape index (κ2) is 12.4. The van der Waals surface area contributed by atoms with Crippen LogP contribution in [0.3, 0.4) is 0 Å². The Morgan fingerprint density at radius 3 is 1.35 bits per heavy atom. The van der Waals surface area contributed by atoms with Gasteiger partial charge in [0.15, 0.2) is 0 Å². The molecule has 10 aromatic rings. The zero-order valence-electron chi connectivity index (χ0n) is 28.8. The number of hydrogen-bond acceptors (Lipinski definition) is 1. The molecule has 254 valence electrons. The number of fused-ring (bicyclic) bond motifs is 6. The molecule has 2 aromatic heterocycles. The molecule has 8 aromatic carbocycles. The van der Waals surface area contributed by atoms with Gasteiger partial charge in [-0.15, -0.1) is 0 Å². The van der Waals surface area contributed by atoms with Crippen molar-refractivity contribution in [2.75, 3.05) is 0 Å². The van der Waals surface area contributed by atoms with Gasteiger partial charge in [0, 0.05) is 33.2 Å². The average Bonchev–Trinajstić information content (AvgIpc) is 3.72. The number of rotatable bonds is 5. The van der Waals surface area contributed by atoms with Crippen molar-refractivity contribution in [3.05, 3.63) is 193 Å². The SMILES string of the molecule is N#Cc1cc(-n2c3ccccc3c3ccc(-c4ccccc4)cc32)c(-c2cc(F)cc(F)c2)cc1-n1c2ccccc2c2ccc(-c3ccccc3)cc21. The highest BCUT2D eigenvalue weighted by atomic mass is 19.1. The topological polar surface area (TPSA) is 33.6 Å². The first-order valence-electron chi connectivity index (χ1n) is 17.8. The van der Waals surface area contributed by atoms with Crippen LogP contribution in [0.4, 0.5) is 8.78 Å². The number of halogens is 2. The minimum atomic E-state index is -0.681. The zero-order valence-corrected chi connectivity index (χ0v) is 28.8. The van der Waals surface area contributed by atoms with E-state index in [1.54, 1.807) is 0 Å². The van der Waals surface area contributed by atoms with Crippen LogP contribution < -0.4 is 0 Å². The first kappa shape index (κ1) is 31.4. The van der Waals surface area contributed by atoms with Gasteiger partial charge in [0.25, 0.3) is 0 Å². The molecule has 0 bridgehead atoms. The number of hydrogen-bond donors (Lipinski definition) is 0. The van der Waals surface area contributed by atoms with E-state index >= 15 is 8.78 Å². The summed E-state index contributed by atoms with van der Waals surface area (Å²) in [5.41, 5.74) is 10.5. The number of nitrogens with zero attached hydrogens (tertiary/aromatic N) is 3. The lowest BCUT2D eigenvalue weighted by Crippen LogP contribution is -2.04. The zero-order chi connectivity index (χ0) is 36.3. The van der Waals surface area contributed by atoms with Gasteiger partial charge in [-0.3, -0.25) is 0 Å². The lowest BCUT2D eigenvalue weighted by atomic mass is 9.98. The predicted octanol–water partition coefficient (Wildman–Crippen LogP) is 13.0. The van der Waals surface area contributed by atoms with E-state index in [9.17, 15) is 5.26 Å². The van der Waals surface area contributed by atoms with Crippen LogP contribution in [0.15, 0.2) is 176 Å². The predicted molar refractivity (Wildman–Crippen MR) is 216 cm³/mol. The average molecular weight is 698 g/mol. The molecule has 0 unspecified atom stereocenters. The van der Waals surface area contributed by atoms with E-state index in [0.717, 1.165) is 71.9 Å². The highest BCUT2D eigenvalue weighted by molar-refractivity contribution is 6.12. The second-order valence-electron chi connectivity index (χ2n) is 13.6. The molecule has 0 N–H and O–H groups in total. The molecule has 0 saturated heterocycles. The number of nitriles is 1. The van der Waals surface area contributed by atoms with Crippen LogP contribution in [-0.2, 0) is 0 Å². The molecular formula is C49H29F2N3. The highest BCUT2D eigenvalue weighted by Crippen LogP contribution is 2.42. The molecule has 0 radical (unpaired) electrons. The van der Waals surface area contributed by atoms with Crippen molar-refractivity contribution < 1.29 is 8.78 Å². The smallest absolute Gasteiger partial charge is 0.126 e. The summed E-state index contributed by atoms with van der Waals surface area (Å²) < 4.78 is 34.6. The molecular weight excluding hydrogens is 669 g/mol. The summed E-state index contributed by atoms with van der Waals surface area (Å²) in [4.78, 5) is 0. The summed E-state index contributed by atoms with van der Waals surface area (Å²) in [6, 6.07) is 59.3. The third-order valence-electron chi connectivity index (χ3n) is 10.5. The van der Waals surface area contributed by atoms with Gasteiger partial charge < -0.3 is 9.13 Å². The molecule has 0 fully saturated rings. The molecule has 0 aliphatic carbocycles. The van der Waals surface area contributed by atoms with Crippen LogP contribution in [0.5, 0.6) is 0 Å². The molecule has 10 rings (SSSR count).